The molecule has 0 aliphatic rings. The second-order valence-electron chi connectivity index (χ2n) is 6.34. The van der Waals surface area contributed by atoms with E-state index in [1.165, 1.54) is 16.4 Å². The Morgan fingerprint density at radius 1 is 1.16 bits per heavy atom. The van der Waals surface area contributed by atoms with Gasteiger partial charge in [-0.05, 0) is 46.4 Å². The van der Waals surface area contributed by atoms with Gasteiger partial charge >= 0.3 is 0 Å². The Kier molecular flexibility index (Phi) is 6.82. The standard InChI is InChI=1S/C20H18N8O2S2/c1-31-14-9-7-13(8-10-14)11-22-24-20(29)17-16(12-32-15-5-3-2-4-6-15)28(27-23-17)19-18(21)25-30-26-19/h2-11H,12H2,1H3,(H2,21,25)(H,24,29). The van der Waals surface area contributed by atoms with Gasteiger partial charge in [-0.2, -0.15) is 9.78 Å². The Morgan fingerprint density at radius 2 is 1.94 bits per heavy atom. The van der Waals surface area contributed by atoms with Crippen LogP contribution in [0.5, 0.6) is 0 Å². The zero-order valence-electron chi connectivity index (χ0n) is 16.9. The van der Waals surface area contributed by atoms with Gasteiger partial charge in [0.05, 0.1) is 11.9 Å². The second kappa shape index (κ2) is 10.1. The van der Waals surface area contributed by atoms with Gasteiger partial charge < -0.3 is 5.73 Å². The van der Waals surface area contributed by atoms with Gasteiger partial charge in [0.1, 0.15) is 0 Å². The maximum Gasteiger partial charge on any atom is 0.293 e. The molecule has 0 saturated heterocycles. The van der Waals surface area contributed by atoms with Gasteiger partial charge in [0, 0.05) is 15.5 Å². The normalized spacial score (nSPS) is 11.2. The van der Waals surface area contributed by atoms with Gasteiger partial charge in [-0.25, -0.2) is 10.1 Å². The summed E-state index contributed by atoms with van der Waals surface area (Å²) >= 11 is 3.16. The van der Waals surface area contributed by atoms with E-state index in [1.54, 1.807) is 18.0 Å². The van der Waals surface area contributed by atoms with Gasteiger partial charge in [0.2, 0.25) is 11.6 Å². The molecule has 2 aromatic carbocycles. The third-order valence-corrected chi connectivity index (χ3v) is 6.06. The molecule has 12 heteroatoms. The highest BCUT2D eigenvalue weighted by Crippen LogP contribution is 2.25. The Balaban J connectivity index is 1.55. The van der Waals surface area contributed by atoms with E-state index < -0.39 is 5.91 Å². The average Bonchev–Trinajstić information content (AvgIpc) is 3.44. The molecule has 0 saturated carbocycles. The Morgan fingerprint density at radius 3 is 2.62 bits per heavy atom. The van der Waals surface area contributed by atoms with Crippen molar-refractivity contribution in [3.05, 3.63) is 71.5 Å². The van der Waals surface area contributed by atoms with Crippen LogP contribution in [0.3, 0.4) is 0 Å². The quantitative estimate of drug-likeness (QED) is 0.228. The number of benzene rings is 2. The number of anilines is 1. The third-order valence-electron chi connectivity index (χ3n) is 4.29. The van der Waals surface area contributed by atoms with E-state index in [-0.39, 0.29) is 17.3 Å². The molecule has 162 valence electrons. The average molecular weight is 467 g/mol. The zero-order chi connectivity index (χ0) is 22.3. The van der Waals surface area contributed by atoms with Crippen molar-refractivity contribution in [3.8, 4) is 5.82 Å². The minimum atomic E-state index is -0.507. The summed E-state index contributed by atoms with van der Waals surface area (Å²) in [5, 5.41) is 19.4. The second-order valence-corrected chi connectivity index (χ2v) is 8.27. The summed E-state index contributed by atoms with van der Waals surface area (Å²) in [6.07, 6.45) is 3.57. The number of nitrogen functional groups attached to an aromatic ring is 1. The number of rotatable bonds is 8. The molecule has 10 nitrogen and oxygen atoms in total. The molecule has 32 heavy (non-hydrogen) atoms. The van der Waals surface area contributed by atoms with Crippen LogP contribution < -0.4 is 11.2 Å². The molecule has 3 N–H and O–H groups in total. The number of thioether (sulfide) groups is 2. The SMILES string of the molecule is CSc1ccc(C=NNC(=O)c2nnn(-c3nonc3N)c2CSc2ccccc2)cc1. The van der Waals surface area contributed by atoms with Gasteiger partial charge in [0.15, 0.2) is 5.69 Å². The summed E-state index contributed by atoms with van der Waals surface area (Å²) in [4.78, 5) is 15.0. The minimum Gasteiger partial charge on any atom is -0.378 e. The number of hydrogen-bond donors (Lipinski definition) is 2. The number of hydrazone groups is 1. The third kappa shape index (κ3) is 4.98. The van der Waals surface area contributed by atoms with Crippen molar-refractivity contribution in [1.29, 1.82) is 0 Å². The van der Waals surface area contributed by atoms with E-state index in [0.717, 1.165) is 15.4 Å². The molecule has 0 atom stereocenters. The fraction of sp³-hybridized carbons (Fsp3) is 0.100. The molecule has 1 amide bonds. The molecular formula is C20H18N8O2S2. The van der Waals surface area contributed by atoms with Gasteiger partial charge in [-0.15, -0.1) is 28.6 Å². The largest absolute Gasteiger partial charge is 0.378 e. The first-order valence-corrected chi connectivity index (χ1v) is 11.5. The summed E-state index contributed by atoms with van der Waals surface area (Å²) in [6.45, 7) is 0. The summed E-state index contributed by atoms with van der Waals surface area (Å²) < 4.78 is 6.02. The van der Waals surface area contributed by atoms with E-state index in [0.29, 0.717) is 11.4 Å². The highest BCUT2D eigenvalue weighted by Gasteiger charge is 2.24. The molecule has 0 fully saturated rings. The molecule has 0 bridgehead atoms. The zero-order valence-corrected chi connectivity index (χ0v) is 18.5. The fourth-order valence-corrected chi connectivity index (χ4v) is 4.01. The number of carbonyl (C=O) groups is 1. The number of carbonyl (C=O) groups excluding carboxylic acids is 1. The number of aromatic nitrogens is 5. The Hall–Kier alpha value is -3.64. The molecule has 4 aromatic rings. The maximum atomic E-state index is 12.8. The summed E-state index contributed by atoms with van der Waals surface area (Å²) in [5.74, 6) is 0.0791. The lowest BCUT2D eigenvalue weighted by Crippen LogP contribution is -2.20. The van der Waals surface area contributed by atoms with E-state index in [4.69, 9.17) is 5.73 Å². The van der Waals surface area contributed by atoms with Gasteiger partial charge in [-0.1, -0.05) is 35.5 Å². The van der Waals surface area contributed by atoms with Crippen LogP contribution in [0.4, 0.5) is 5.82 Å². The monoisotopic (exact) mass is 466 g/mol. The molecule has 0 radical (unpaired) electrons. The predicted molar refractivity (Wildman–Crippen MR) is 123 cm³/mol. The highest BCUT2D eigenvalue weighted by atomic mass is 32.2. The number of hydrogen-bond acceptors (Lipinski definition) is 10. The first kappa shape index (κ1) is 21.6. The molecule has 0 aliphatic heterocycles. The van der Waals surface area contributed by atoms with Crippen LogP contribution in [-0.4, -0.2) is 43.7 Å². The first-order chi connectivity index (χ1) is 15.7. The van der Waals surface area contributed by atoms with Crippen molar-refractivity contribution in [3.63, 3.8) is 0 Å². The summed E-state index contributed by atoms with van der Waals surface area (Å²) in [5.41, 5.74) is 9.75. The Labute approximate surface area is 191 Å². The number of amides is 1. The van der Waals surface area contributed by atoms with Gasteiger partial charge in [-0.3, -0.25) is 4.79 Å². The molecule has 0 aliphatic carbocycles. The van der Waals surface area contributed by atoms with Crippen LogP contribution >= 0.6 is 23.5 Å². The lowest BCUT2D eigenvalue weighted by atomic mass is 10.2. The number of nitrogens with one attached hydrogen (secondary N) is 1. The first-order valence-electron chi connectivity index (χ1n) is 9.34. The van der Waals surface area contributed by atoms with Crippen LogP contribution in [-0.2, 0) is 5.75 Å². The smallest absolute Gasteiger partial charge is 0.293 e. The van der Waals surface area contributed by atoms with Crippen LogP contribution in [0.2, 0.25) is 0 Å². The summed E-state index contributed by atoms with van der Waals surface area (Å²) in [6, 6.07) is 17.5. The lowest BCUT2D eigenvalue weighted by molar-refractivity contribution is 0.0949. The molecule has 2 heterocycles. The van der Waals surface area contributed by atoms with Crippen molar-refractivity contribution in [2.45, 2.75) is 15.5 Å². The van der Waals surface area contributed by atoms with E-state index >= 15 is 0 Å². The van der Waals surface area contributed by atoms with E-state index in [2.05, 4.69) is 35.8 Å². The maximum absolute atomic E-state index is 12.8. The lowest BCUT2D eigenvalue weighted by Gasteiger charge is -2.05. The van der Waals surface area contributed by atoms with E-state index in [9.17, 15) is 4.79 Å². The van der Waals surface area contributed by atoms with Crippen LogP contribution in [0, 0.1) is 0 Å². The van der Waals surface area contributed by atoms with Crippen molar-refractivity contribution in [2.75, 3.05) is 12.0 Å². The Bertz CT molecular complexity index is 1220. The van der Waals surface area contributed by atoms with Crippen LogP contribution in [0.1, 0.15) is 21.7 Å². The van der Waals surface area contributed by atoms with Crippen molar-refractivity contribution in [1.82, 2.24) is 30.7 Å². The van der Waals surface area contributed by atoms with Crippen molar-refractivity contribution < 1.29 is 9.42 Å². The molecular weight excluding hydrogens is 448 g/mol. The highest BCUT2D eigenvalue weighted by molar-refractivity contribution is 7.98. The topological polar surface area (TPSA) is 137 Å². The predicted octanol–water partition coefficient (Wildman–Crippen LogP) is 3.01. The molecule has 2 aromatic heterocycles. The number of nitrogens with zero attached hydrogens (tertiary/aromatic N) is 6. The van der Waals surface area contributed by atoms with E-state index in [1.807, 2.05) is 60.9 Å². The van der Waals surface area contributed by atoms with Crippen molar-refractivity contribution >= 4 is 41.5 Å². The number of nitrogens with two attached hydrogens (primary N) is 1. The van der Waals surface area contributed by atoms with Crippen LogP contribution in [0.25, 0.3) is 5.82 Å². The van der Waals surface area contributed by atoms with Crippen LogP contribution in [0.15, 0.2) is 74.1 Å². The fourth-order valence-electron chi connectivity index (χ4n) is 2.69. The van der Waals surface area contributed by atoms with Crippen molar-refractivity contribution in [2.24, 2.45) is 5.10 Å². The van der Waals surface area contributed by atoms with Gasteiger partial charge in [0.25, 0.3) is 5.91 Å². The minimum absolute atomic E-state index is 0.0412. The molecule has 0 unspecified atom stereocenters. The summed E-state index contributed by atoms with van der Waals surface area (Å²) in [7, 11) is 0. The molecule has 4 rings (SSSR count). The molecule has 0 spiro atoms.